The zero-order valence-corrected chi connectivity index (χ0v) is 18.7. The highest BCUT2D eigenvalue weighted by atomic mass is 16.5. The summed E-state index contributed by atoms with van der Waals surface area (Å²) in [7, 11) is 0. The number of Topliss-reactive ketones (excluding diaryl/α,β-unsaturated/α-hetero) is 1. The van der Waals surface area contributed by atoms with Crippen LogP contribution in [0.1, 0.15) is 44.7 Å². The van der Waals surface area contributed by atoms with Crippen LogP contribution in [0, 0.1) is 0 Å². The van der Waals surface area contributed by atoms with Crippen molar-refractivity contribution in [1.82, 2.24) is 0 Å². The molecular weight excluding hydrogens is 396 g/mol. The van der Waals surface area contributed by atoms with Crippen molar-refractivity contribution >= 4 is 5.78 Å². The maximum atomic E-state index is 11.8. The van der Waals surface area contributed by atoms with Crippen LogP contribution in [0.3, 0.4) is 0 Å². The molecule has 1 unspecified atom stereocenters. The topological polar surface area (TPSA) is 85.2 Å². The molecule has 0 saturated heterocycles. The highest BCUT2D eigenvalue weighted by Gasteiger charge is 2.23. The van der Waals surface area contributed by atoms with Crippen LogP contribution in [-0.4, -0.2) is 55.1 Å². The Morgan fingerprint density at radius 1 is 0.935 bits per heavy atom. The van der Waals surface area contributed by atoms with E-state index in [2.05, 4.69) is 20.8 Å². The third kappa shape index (κ3) is 7.98. The third-order valence-corrected chi connectivity index (χ3v) is 5.11. The van der Waals surface area contributed by atoms with Gasteiger partial charge in [-0.2, -0.15) is 0 Å². The lowest BCUT2D eigenvalue weighted by atomic mass is 9.78. The van der Waals surface area contributed by atoms with Crippen molar-refractivity contribution < 1.29 is 29.2 Å². The molecule has 0 radical (unpaired) electrons. The summed E-state index contributed by atoms with van der Waals surface area (Å²) in [5, 5.41) is 18.3. The highest BCUT2D eigenvalue weighted by Crippen LogP contribution is 2.33. The van der Waals surface area contributed by atoms with Crippen LogP contribution in [0.4, 0.5) is 0 Å². The standard InChI is InChI=1S/C25H34O6/c1-4-5-14-29-16-22(28)18-31-24-12-8-20(9-13-24)25(2,3)19-6-10-23(11-7-19)30-17-21(27)15-26/h6-13,21,26-27H,4-5,14-18H2,1-3H3. The molecule has 2 aromatic carbocycles. The van der Waals surface area contributed by atoms with Gasteiger partial charge in [-0.15, -0.1) is 0 Å². The van der Waals surface area contributed by atoms with Crippen molar-refractivity contribution in [2.75, 3.05) is 33.0 Å². The molecule has 0 bridgehead atoms. The first kappa shape index (κ1) is 24.9. The molecule has 1 atom stereocenters. The Balaban J connectivity index is 1.91. The zero-order valence-electron chi connectivity index (χ0n) is 18.7. The third-order valence-electron chi connectivity index (χ3n) is 5.11. The second kappa shape index (κ2) is 12.4. The fourth-order valence-corrected chi connectivity index (χ4v) is 2.99. The van der Waals surface area contributed by atoms with Gasteiger partial charge in [-0.25, -0.2) is 0 Å². The predicted octanol–water partition coefficient (Wildman–Crippen LogP) is 3.51. The number of ketones is 1. The Kier molecular flexibility index (Phi) is 9.98. The average Bonchev–Trinajstić information content (AvgIpc) is 2.79. The van der Waals surface area contributed by atoms with Gasteiger partial charge in [0.1, 0.15) is 37.4 Å². The van der Waals surface area contributed by atoms with Gasteiger partial charge in [0.25, 0.3) is 0 Å². The molecule has 2 aromatic rings. The lowest BCUT2D eigenvalue weighted by Crippen LogP contribution is -2.21. The largest absolute Gasteiger partial charge is 0.491 e. The fraction of sp³-hybridized carbons (Fsp3) is 0.480. The van der Waals surface area contributed by atoms with E-state index >= 15 is 0 Å². The molecular formula is C25H34O6. The van der Waals surface area contributed by atoms with Gasteiger partial charge in [-0.05, 0) is 41.8 Å². The Morgan fingerprint density at radius 2 is 1.48 bits per heavy atom. The van der Waals surface area contributed by atoms with Gasteiger partial charge in [0.15, 0.2) is 5.78 Å². The van der Waals surface area contributed by atoms with Gasteiger partial charge in [0, 0.05) is 12.0 Å². The van der Waals surface area contributed by atoms with Crippen molar-refractivity contribution in [2.24, 2.45) is 0 Å². The van der Waals surface area contributed by atoms with E-state index in [1.54, 1.807) is 0 Å². The smallest absolute Gasteiger partial charge is 0.195 e. The van der Waals surface area contributed by atoms with E-state index in [1.165, 1.54) is 0 Å². The number of aliphatic hydroxyl groups is 2. The SMILES string of the molecule is CCCCOCC(=O)COc1ccc(C(C)(C)c2ccc(OCC(O)CO)cc2)cc1. The summed E-state index contributed by atoms with van der Waals surface area (Å²) in [5.41, 5.74) is 1.97. The summed E-state index contributed by atoms with van der Waals surface area (Å²) in [6.45, 7) is 6.75. The number of aliphatic hydroxyl groups excluding tert-OH is 2. The quantitative estimate of drug-likeness (QED) is 0.446. The molecule has 0 aliphatic rings. The van der Waals surface area contributed by atoms with E-state index in [0.717, 1.165) is 24.0 Å². The van der Waals surface area contributed by atoms with Crippen LogP contribution in [0.2, 0.25) is 0 Å². The van der Waals surface area contributed by atoms with Crippen molar-refractivity contribution in [3.63, 3.8) is 0 Å². The first-order valence-corrected chi connectivity index (χ1v) is 10.7. The number of hydrogen-bond donors (Lipinski definition) is 2. The van der Waals surface area contributed by atoms with Crippen LogP contribution < -0.4 is 9.47 Å². The molecule has 0 saturated carbocycles. The molecule has 0 fully saturated rings. The lowest BCUT2D eigenvalue weighted by Gasteiger charge is -2.26. The number of hydrogen-bond acceptors (Lipinski definition) is 6. The normalized spacial score (nSPS) is 12.4. The van der Waals surface area contributed by atoms with E-state index in [-0.39, 0.29) is 37.6 Å². The molecule has 2 rings (SSSR count). The van der Waals surface area contributed by atoms with Crippen molar-refractivity contribution in [3.8, 4) is 11.5 Å². The molecule has 6 nitrogen and oxygen atoms in total. The van der Waals surface area contributed by atoms with Crippen molar-refractivity contribution in [1.29, 1.82) is 0 Å². The van der Waals surface area contributed by atoms with Crippen molar-refractivity contribution in [3.05, 3.63) is 59.7 Å². The van der Waals surface area contributed by atoms with E-state index < -0.39 is 6.10 Å². The maximum Gasteiger partial charge on any atom is 0.195 e. The molecule has 31 heavy (non-hydrogen) atoms. The minimum Gasteiger partial charge on any atom is -0.491 e. The van der Waals surface area contributed by atoms with Gasteiger partial charge in [0.05, 0.1) is 6.61 Å². The van der Waals surface area contributed by atoms with E-state index in [1.807, 2.05) is 48.5 Å². The van der Waals surface area contributed by atoms with Crippen LogP contribution in [-0.2, 0) is 14.9 Å². The molecule has 0 spiro atoms. The van der Waals surface area contributed by atoms with Gasteiger partial charge in [0.2, 0.25) is 0 Å². The molecule has 0 heterocycles. The number of ether oxygens (including phenoxy) is 3. The minimum absolute atomic E-state index is 0.00129. The minimum atomic E-state index is -0.888. The fourth-order valence-electron chi connectivity index (χ4n) is 2.99. The van der Waals surface area contributed by atoms with Gasteiger partial charge in [-0.3, -0.25) is 4.79 Å². The Hall–Kier alpha value is -2.41. The van der Waals surface area contributed by atoms with Gasteiger partial charge in [-0.1, -0.05) is 51.5 Å². The Labute approximate surface area is 184 Å². The monoisotopic (exact) mass is 430 g/mol. The van der Waals surface area contributed by atoms with E-state index in [9.17, 15) is 9.90 Å². The summed E-state index contributed by atoms with van der Waals surface area (Å²) in [6, 6.07) is 15.4. The van der Waals surface area contributed by atoms with Crippen LogP contribution in [0.5, 0.6) is 11.5 Å². The summed E-state index contributed by atoms with van der Waals surface area (Å²) in [5.74, 6) is 1.21. The lowest BCUT2D eigenvalue weighted by molar-refractivity contribution is -0.125. The number of carbonyl (C=O) groups excluding carboxylic acids is 1. The second-order valence-electron chi connectivity index (χ2n) is 8.05. The van der Waals surface area contributed by atoms with Crippen LogP contribution in [0.25, 0.3) is 0 Å². The zero-order chi connectivity index (χ0) is 22.7. The molecule has 0 aromatic heterocycles. The molecule has 170 valence electrons. The number of rotatable bonds is 14. The summed E-state index contributed by atoms with van der Waals surface area (Å²) in [4.78, 5) is 11.8. The summed E-state index contributed by atoms with van der Waals surface area (Å²) in [6.07, 6.45) is 1.11. The number of unbranched alkanes of at least 4 members (excludes halogenated alkanes) is 1. The predicted molar refractivity (Wildman–Crippen MR) is 120 cm³/mol. The summed E-state index contributed by atoms with van der Waals surface area (Å²) < 4.78 is 16.4. The van der Waals surface area contributed by atoms with Crippen LogP contribution >= 0.6 is 0 Å². The molecule has 0 aliphatic carbocycles. The van der Waals surface area contributed by atoms with E-state index in [0.29, 0.717) is 18.1 Å². The molecule has 2 N–H and O–H groups in total. The first-order valence-electron chi connectivity index (χ1n) is 10.7. The molecule has 0 aliphatic heterocycles. The van der Waals surface area contributed by atoms with Crippen LogP contribution in [0.15, 0.2) is 48.5 Å². The maximum absolute atomic E-state index is 11.8. The number of carbonyl (C=O) groups is 1. The molecule has 6 heteroatoms. The average molecular weight is 431 g/mol. The highest BCUT2D eigenvalue weighted by molar-refractivity contribution is 5.81. The van der Waals surface area contributed by atoms with Gasteiger partial charge >= 0.3 is 0 Å². The summed E-state index contributed by atoms with van der Waals surface area (Å²) >= 11 is 0. The van der Waals surface area contributed by atoms with Gasteiger partial charge < -0.3 is 24.4 Å². The first-order chi connectivity index (χ1) is 14.9. The second-order valence-corrected chi connectivity index (χ2v) is 8.05. The molecule has 0 amide bonds. The van der Waals surface area contributed by atoms with Crippen molar-refractivity contribution in [2.45, 2.75) is 45.1 Å². The number of benzene rings is 2. The Bertz CT molecular complexity index is 783. The Morgan fingerprint density at radius 3 is 2.00 bits per heavy atom. The van der Waals surface area contributed by atoms with E-state index in [4.69, 9.17) is 19.3 Å².